The van der Waals surface area contributed by atoms with E-state index < -0.39 is 0 Å². The molecule has 2 aromatic rings. The van der Waals surface area contributed by atoms with Crippen molar-refractivity contribution in [3.8, 4) is 0 Å². The Morgan fingerprint density at radius 3 is 2.74 bits per heavy atom. The van der Waals surface area contributed by atoms with Gasteiger partial charge >= 0.3 is 0 Å². The molecule has 0 radical (unpaired) electrons. The minimum absolute atomic E-state index is 0.202. The number of halogens is 1. The molecule has 5 heteroatoms. The Morgan fingerprint density at radius 1 is 1.30 bits per heavy atom. The highest BCUT2D eigenvalue weighted by Gasteiger charge is 2.27. The van der Waals surface area contributed by atoms with E-state index in [1.807, 2.05) is 12.3 Å². The van der Waals surface area contributed by atoms with Crippen LogP contribution < -0.4 is 5.73 Å². The van der Waals surface area contributed by atoms with Crippen LogP contribution in [0.25, 0.3) is 10.9 Å². The molecule has 0 saturated heterocycles. The van der Waals surface area contributed by atoms with Gasteiger partial charge in [0.05, 0.1) is 5.52 Å². The van der Waals surface area contributed by atoms with Crippen molar-refractivity contribution in [2.45, 2.75) is 43.8 Å². The zero-order valence-corrected chi connectivity index (χ0v) is 14.1. The predicted molar refractivity (Wildman–Crippen MR) is 95.4 cm³/mol. The summed E-state index contributed by atoms with van der Waals surface area (Å²) in [6.45, 7) is 2.16. The fraction of sp³-hybridized carbons (Fsp3) is 0.444. The summed E-state index contributed by atoms with van der Waals surface area (Å²) in [6, 6.07) is 6.88. The van der Waals surface area contributed by atoms with E-state index in [1.165, 1.54) is 23.4 Å². The third-order valence-electron chi connectivity index (χ3n) is 4.93. The zero-order chi connectivity index (χ0) is 16.4. The maximum atomic E-state index is 13.6. The van der Waals surface area contributed by atoms with Crippen molar-refractivity contribution in [3.05, 3.63) is 41.8 Å². The molecular weight excluding hydrogens is 309 g/mol. The number of nitrogens with zero attached hydrogens (tertiary/aromatic N) is 1. The number of hydrogen-bond acceptors (Lipinski definition) is 3. The number of aromatic nitrogens is 1. The van der Waals surface area contributed by atoms with Gasteiger partial charge in [0.15, 0.2) is 5.17 Å². The standard InChI is InChI=1S/C18H22FN3S/c1-11(23-18(20)21)12-2-4-13(5-3-12)15-8-9-22-17-7-6-14(19)10-16(15)17/h6-13H,2-5H2,1H3,(H3,20,21). The molecule has 3 nitrogen and oxygen atoms in total. The lowest BCUT2D eigenvalue weighted by Crippen LogP contribution is -2.23. The van der Waals surface area contributed by atoms with Crippen LogP contribution in [0.2, 0.25) is 0 Å². The molecule has 0 aliphatic heterocycles. The molecule has 1 aliphatic carbocycles. The van der Waals surface area contributed by atoms with Crippen molar-refractivity contribution in [1.82, 2.24) is 4.98 Å². The Morgan fingerprint density at radius 2 is 2.04 bits per heavy atom. The SMILES string of the molecule is CC(SC(=N)N)C1CCC(c2ccnc3ccc(F)cc23)CC1. The molecule has 1 unspecified atom stereocenters. The molecular formula is C18H22FN3S. The van der Waals surface area contributed by atoms with Crippen molar-refractivity contribution in [2.75, 3.05) is 0 Å². The lowest BCUT2D eigenvalue weighted by molar-refractivity contribution is 0.326. The highest BCUT2D eigenvalue weighted by Crippen LogP contribution is 2.41. The van der Waals surface area contributed by atoms with E-state index in [9.17, 15) is 4.39 Å². The minimum atomic E-state index is -0.202. The van der Waals surface area contributed by atoms with Gasteiger partial charge in [-0.15, -0.1) is 0 Å². The van der Waals surface area contributed by atoms with Gasteiger partial charge in [0.25, 0.3) is 0 Å². The first-order valence-corrected chi connectivity index (χ1v) is 8.97. The Hall–Kier alpha value is -1.62. The Kier molecular flexibility index (Phi) is 4.85. The summed E-state index contributed by atoms with van der Waals surface area (Å²) >= 11 is 1.46. The predicted octanol–water partition coefficient (Wildman–Crippen LogP) is 4.66. The fourth-order valence-electron chi connectivity index (χ4n) is 3.69. The number of benzene rings is 1. The first kappa shape index (κ1) is 16.2. The second-order valence-corrected chi connectivity index (χ2v) is 7.78. The Balaban J connectivity index is 1.75. The van der Waals surface area contributed by atoms with Crippen LogP contribution in [0.4, 0.5) is 4.39 Å². The third kappa shape index (κ3) is 3.66. The molecule has 1 fully saturated rings. The molecule has 0 bridgehead atoms. The zero-order valence-electron chi connectivity index (χ0n) is 13.3. The molecule has 1 aromatic carbocycles. The largest absolute Gasteiger partial charge is 0.379 e. The van der Waals surface area contributed by atoms with Gasteiger partial charge in [0.1, 0.15) is 5.82 Å². The van der Waals surface area contributed by atoms with Crippen LogP contribution in [0, 0.1) is 17.1 Å². The van der Waals surface area contributed by atoms with Crippen LogP contribution in [-0.4, -0.2) is 15.4 Å². The number of rotatable bonds is 3. The van der Waals surface area contributed by atoms with Crippen LogP contribution in [0.3, 0.4) is 0 Å². The van der Waals surface area contributed by atoms with E-state index in [1.54, 1.807) is 12.1 Å². The first-order chi connectivity index (χ1) is 11.0. The van der Waals surface area contributed by atoms with Gasteiger partial charge in [-0.25, -0.2) is 4.39 Å². The first-order valence-electron chi connectivity index (χ1n) is 8.09. The van der Waals surface area contributed by atoms with Gasteiger partial charge in [-0.3, -0.25) is 10.4 Å². The average molecular weight is 331 g/mol. The summed E-state index contributed by atoms with van der Waals surface area (Å²) < 4.78 is 13.6. The van der Waals surface area contributed by atoms with Gasteiger partial charge in [-0.1, -0.05) is 18.7 Å². The van der Waals surface area contributed by atoms with E-state index in [0.717, 1.165) is 36.6 Å². The Bertz CT molecular complexity index is 710. The lowest BCUT2D eigenvalue weighted by atomic mass is 9.77. The van der Waals surface area contributed by atoms with Gasteiger partial charge in [-0.05, 0) is 67.3 Å². The van der Waals surface area contributed by atoms with E-state index in [0.29, 0.717) is 17.1 Å². The van der Waals surface area contributed by atoms with Crippen molar-refractivity contribution < 1.29 is 4.39 Å². The molecule has 1 aromatic heterocycles. The maximum absolute atomic E-state index is 13.6. The second-order valence-electron chi connectivity index (χ2n) is 6.36. The summed E-state index contributed by atoms with van der Waals surface area (Å²) in [4.78, 5) is 4.35. The fourth-order valence-corrected chi connectivity index (χ4v) is 4.56. The van der Waals surface area contributed by atoms with Crippen molar-refractivity contribution in [1.29, 1.82) is 5.41 Å². The number of thioether (sulfide) groups is 1. The summed E-state index contributed by atoms with van der Waals surface area (Å²) in [5.41, 5.74) is 7.59. The van der Waals surface area contributed by atoms with E-state index in [-0.39, 0.29) is 11.0 Å². The summed E-state index contributed by atoms with van der Waals surface area (Å²) in [5.74, 6) is 0.866. The van der Waals surface area contributed by atoms with Gasteiger partial charge in [0.2, 0.25) is 0 Å². The van der Waals surface area contributed by atoms with Crippen molar-refractivity contribution >= 4 is 27.8 Å². The van der Waals surface area contributed by atoms with Crippen molar-refractivity contribution in [3.63, 3.8) is 0 Å². The molecule has 1 saturated carbocycles. The molecule has 3 N–H and O–H groups in total. The number of amidine groups is 1. The molecule has 1 atom stereocenters. The Labute approximate surface area is 140 Å². The molecule has 122 valence electrons. The second kappa shape index (κ2) is 6.87. The van der Waals surface area contributed by atoms with E-state index in [2.05, 4.69) is 11.9 Å². The highest BCUT2D eigenvalue weighted by molar-refractivity contribution is 8.14. The van der Waals surface area contributed by atoms with Crippen LogP contribution in [0.1, 0.15) is 44.1 Å². The van der Waals surface area contributed by atoms with Gasteiger partial charge in [-0.2, -0.15) is 0 Å². The maximum Gasteiger partial charge on any atom is 0.151 e. The summed E-state index contributed by atoms with van der Waals surface area (Å²) in [7, 11) is 0. The minimum Gasteiger partial charge on any atom is -0.379 e. The molecule has 1 aliphatic rings. The van der Waals surface area contributed by atoms with Gasteiger partial charge in [0, 0.05) is 16.8 Å². The monoisotopic (exact) mass is 331 g/mol. The number of nitrogens with two attached hydrogens (primary N) is 1. The summed E-state index contributed by atoms with van der Waals surface area (Å²) in [6.07, 6.45) is 6.29. The molecule has 0 spiro atoms. The normalized spacial score (nSPS) is 22.9. The van der Waals surface area contributed by atoms with E-state index >= 15 is 0 Å². The number of pyridine rings is 1. The van der Waals surface area contributed by atoms with E-state index in [4.69, 9.17) is 11.1 Å². The smallest absolute Gasteiger partial charge is 0.151 e. The van der Waals surface area contributed by atoms with Crippen LogP contribution in [-0.2, 0) is 0 Å². The lowest BCUT2D eigenvalue weighted by Gasteiger charge is -2.32. The highest BCUT2D eigenvalue weighted by atomic mass is 32.2. The summed E-state index contributed by atoms with van der Waals surface area (Å²) in [5, 5.41) is 8.97. The van der Waals surface area contributed by atoms with Gasteiger partial charge < -0.3 is 5.73 Å². The number of fused-ring (bicyclic) bond motifs is 1. The van der Waals surface area contributed by atoms with Crippen LogP contribution >= 0.6 is 11.8 Å². The average Bonchev–Trinajstić information content (AvgIpc) is 2.54. The third-order valence-corrected chi connectivity index (χ3v) is 5.94. The van der Waals surface area contributed by atoms with Crippen LogP contribution in [0.5, 0.6) is 0 Å². The van der Waals surface area contributed by atoms with Crippen LogP contribution in [0.15, 0.2) is 30.5 Å². The molecule has 23 heavy (non-hydrogen) atoms. The number of hydrogen-bond donors (Lipinski definition) is 2. The van der Waals surface area contributed by atoms with Crippen molar-refractivity contribution in [2.24, 2.45) is 11.7 Å². The molecule has 0 amide bonds. The molecule has 1 heterocycles. The topological polar surface area (TPSA) is 62.8 Å². The quantitative estimate of drug-likeness (QED) is 0.635. The number of nitrogens with one attached hydrogen (secondary N) is 1. The molecule has 3 rings (SSSR count).